The third kappa shape index (κ3) is 10.2. The molecule has 0 spiro atoms. The van der Waals surface area contributed by atoms with Crippen molar-refractivity contribution in [3.05, 3.63) is 419 Å². The molecule has 0 N–H and O–H groups in total. The second kappa shape index (κ2) is 25.8. The Morgan fingerprint density at radius 2 is 0.470 bits per heavy atom. The lowest BCUT2D eigenvalue weighted by Gasteiger charge is -2.51. The molecule has 20 aromatic rings. The quantitative estimate of drug-likeness (QED) is 0.107. The van der Waals surface area contributed by atoms with Crippen molar-refractivity contribution in [3.63, 3.8) is 0 Å². The first kappa shape index (κ1) is 64.9. The molecule has 7 heteroatoms. The van der Waals surface area contributed by atoms with Gasteiger partial charge in [-0.2, -0.15) is 0 Å². The number of fused-ring (bicyclic) bond motifs is 14. The fourth-order valence-corrected chi connectivity index (χ4v) is 19.8. The van der Waals surface area contributed by atoms with Crippen LogP contribution in [0.2, 0.25) is 0 Å². The van der Waals surface area contributed by atoms with E-state index in [1.165, 1.54) is 116 Å². The molecule has 0 saturated carbocycles. The van der Waals surface area contributed by atoms with E-state index in [9.17, 15) is 0 Å². The predicted molar refractivity (Wildman–Crippen MR) is 486 cm³/mol. The number of aromatic nitrogens is 2. The van der Waals surface area contributed by atoms with Gasteiger partial charge in [0.25, 0.3) is 0 Å². The summed E-state index contributed by atoms with van der Waals surface area (Å²) in [6, 6.07) is 157. The van der Waals surface area contributed by atoms with E-state index in [2.05, 4.69) is 442 Å². The van der Waals surface area contributed by atoms with Crippen molar-refractivity contribution < 1.29 is 0 Å². The summed E-state index contributed by atoms with van der Waals surface area (Å²) in [5.41, 5.74) is 40.7. The maximum absolute atomic E-state index is 2.92. The minimum absolute atomic E-state index is 0.272. The van der Waals surface area contributed by atoms with E-state index in [1.807, 2.05) is 0 Å². The van der Waals surface area contributed by atoms with E-state index >= 15 is 0 Å². The fraction of sp³-hybridized carbons (Fsp3) is 0. The molecule has 0 fully saturated rings. The monoisotopic (exact) mass is 1460 g/mol. The maximum atomic E-state index is 2.92. The van der Waals surface area contributed by atoms with Crippen molar-refractivity contribution in [2.75, 3.05) is 14.5 Å². The number of benzene rings is 18. The van der Waals surface area contributed by atoms with Crippen LogP contribution in [0.15, 0.2) is 419 Å². The first-order chi connectivity index (χ1) is 57.0. The van der Waals surface area contributed by atoms with Crippen LogP contribution in [0.25, 0.3) is 155 Å². The SMILES string of the molecule is c1ccc(-c2ccc(N(c3cc(-c4ccccc4)cc(-c4ccccc4)c3)c3cc4c5c(c3)-n3c6ccccc6c6cccc(c63)B5N3B5c6c(cc(N(c7ccc(-c8ccccc8)cc7)c7cc(-c8ccccc8)cc(-c8ccccc8)c7)cc6-n6c7ccccc7c7cccc5c76)-c5cc(-c6ccccc6)cc-4c53)cc2)cc1. The normalized spacial score (nSPS) is 12.5. The van der Waals surface area contributed by atoms with Crippen LogP contribution in [0.5, 0.6) is 0 Å². The second-order valence-corrected chi connectivity index (χ2v) is 31.0. The summed E-state index contributed by atoms with van der Waals surface area (Å²) >= 11 is 0. The number of hydrogen-bond acceptors (Lipinski definition) is 3. The van der Waals surface area contributed by atoms with Gasteiger partial charge in [-0.05, 0) is 220 Å². The molecule has 24 rings (SSSR count). The summed E-state index contributed by atoms with van der Waals surface area (Å²) in [6.45, 7) is -0.543. The smallest absolute Gasteiger partial charge is 0.316 e. The number of rotatable bonds is 13. The molecule has 2 aromatic heterocycles. The summed E-state index contributed by atoms with van der Waals surface area (Å²) in [5.74, 6) is 0. The van der Waals surface area contributed by atoms with Crippen LogP contribution in [0, 0.1) is 0 Å². The highest BCUT2D eigenvalue weighted by atomic mass is 15.2. The van der Waals surface area contributed by atoms with Gasteiger partial charge in [0.15, 0.2) is 0 Å². The zero-order valence-electron chi connectivity index (χ0n) is 62.7. The number of nitrogens with zero attached hydrogens (tertiary/aromatic N) is 5. The van der Waals surface area contributed by atoms with Crippen LogP contribution in [-0.4, -0.2) is 22.8 Å². The van der Waals surface area contributed by atoms with Crippen molar-refractivity contribution in [3.8, 4) is 112 Å². The molecule has 0 bridgehead atoms. The molecule has 0 amide bonds. The molecule has 0 saturated heterocycles. The first-order valence-electron chi connectivity index (χ1n) is 39.9. The van der Waals surface area contributed by atoms with Crippen molar-refractivity contribution in [2.24, 2.45) is 0 Å². The van der Waals surface area contributed by atoms with E-state index in [0.717, 1.165) is 101 Å². The Labute approximate surface area is 668 Å². The number of hydrogen-bond donors (Lipinski definition) is 0. The molecule has 0 radical (unpaired) electrons. The van der Waals surface area contributed by atoms with Crippen LogP contribution >= 0.6 is 0 Å². The third-order valence-electron chi connectivity index (χ3n) is 24.7. The lowest BCUT2D eigenvalue weighted by atomic mass is 9.32. The highest BCUT2D eigenvalue weighted by molar-refractivity contribution is 7.09. The summed E-state index contributed by atoms with van der Waals surface area (Å²) in [4.78, 5) is 5.10. The van der Waals surface area contributed by atoms with E-state index in [4.69, 9.17) is 0 Å². The predicted octanol–water partition coefficient (Wildman–Crippen LogP) is 25.5. The van der Waals surface area contributed by atoms with Gasteiger partial charge < -0.3 is 23.7 Å². The van der Waals surface area contributed by atoms with Crippen molar-refractivity contribution in [1.82, 2.24) is 9.13 Å². The number of para-hydroxylation sites is 4. The average molecular weight is 1460 g/mol. The van der Waals surface area contributed by atoms with Gasteiger partial charge in [-0.15, -0.1) is 0 Å². The Bertz CT molecular complexity index is 6780. The average Bonchev–Trinajstić information content (AvgIpc) is 1.65. The molecule has 0 aliphatic carbocycles. The van der Waals surface area contributed by atoms with Crippen LogP contribution in [-0.2, 0) is 0 Å². The van der Waals surface area contributed by atoms with Gasteiger partial charge >= 0.3 is 13.7 Å². The van der Waals surface area contributed by atoms with E-state index in [0.29, 0.717) is 0 Å². The Hall–Kier alpha value is -14.9. The molecular formula is C108H69B2N5. The van der Waals surface area contributed by atoms with Crippen LogP contribution in [0.4, 0.5) is 39.8 Å². The third-order valence-corrected chi connectivity index (χ3v) is 24.7. The van der Waals surface area contributed by atoms with Gasteiger partial charge in [-0.3, -0.25) is 0 Å². The maximum Gasteiger partial charge on any atom is 0.316 e. The molecule has 18 aromatic carbocycles. The van der Waals surface area contributed by atoms with Gasteiger partial charge in [0.2, 0.25) is 0 Å². The van der Waals surface area contributed by atoms with E-state index < -0.39 is 0 Å². The lowest BCUT2D eigenvalue weighted by molar-refractivity contribution is 1.17. The Kier molecular flexibility index (Phi) is 14.6. The fourth-order valence-electron chi connectivity index (χ4n) is 19.8. The topological polar surface area (TPSA) is 19.6 Å². The molecule has 0 unspecified atom stereocenters. The number of anilines is 7. The molecular weight excluding hydrogens is 1390 g/mol. The molecule has 0 atom stereocenters. The summed E-state index contributed by atoms with van der Waals surface area (Å²) in [6.07, 6.45) is 0. The zero-order chi connectivity index (χ0) is 75.3. The highest BCUT2D eigenvalue weighted by Crippen LogP contribution is 2.55. The second-order valence-electron chi connectivity index (χ2n) is 31.0. The van der Waals surface area contributed by atoms with Crippen LogP contribution in [0.1, 0.15) is 0 Å². The summed E-state index contributed by atoms with van der Waals surface area (Å²) < 4.78 is 8.21. The Balaban J connectivity index is 0.834. The highest BCUT2D eigenvalue weighted by Gasteiger charge is 2.53. The first-order valence-corrected chi connectivity index (χ1v) is 39.9. The Morgan fingerprint density at radius 3 is 0.809 bits per heavy atom. The van der Waals surface area contributed by atoms with Gasteiger partial charge in [0, 0.05) is 83.9 Å². The molecule has 115 heavy (non-hydrogen) atoms. The summed E-state index contributed by atoms with van der Waals surface area (Å²) in [7, 11) is 0. The minimum Gasteiger partial charge on any atom is -0.444 e. The largest absolute Gasteiger partial charge is 0.444 e. The van der Waals surface area contributed by atoms with Gasteiger partial charge in [-0.1, -0.05) is 309 Å². The lowest BCUT2D eigenvalue weighted by Crippen LogP contribution is -2.74. The summed E-state index contributed by atoms with van der Waals surface area (Å²) in [5, 5.41) is 4.94. The molecule has 532 valence electrons. The van der Waals surface area contributed by atoms with Crippen LogP contribution in [0.3, 0.4) is 0 Å². The zero-order valence-corrected chi connectivity index (χ0v) is 62.7. The Morgan fingerprint density at radius 1 is 0.191 bits per heavy atom. The van der Waals surface area contributed by atoms with Gasteiger partial charge in [-0.25, -0.2) is 0 Å². The van der Waals surface area contributed by atoms with Crippen molar-refractivity contribution in [2.45, 2.75) is 0 Å². The van der Waals surface area contributed by atoms with E-state index in [1.54, 1.807) is 0 Å². The molecule has 5 nitrogen and oxygen atoms in total. The molecule has 4 aliphatic heterocycles. The molecule has 4 aliphatic rings. The van der Waals surface area contributed by atoms with E-state index in [-0.39, 0.29) is 13.7 Å². The van der Waals surface area contributed by atoms with Crippen molar-refractivity contribution in [1.29, 1.82) is 0 Å². The van der Waals surface area contributed by atoms with Gasteiger partial charge in [0.05, 0.1) is 22.1 Å². The minimum atomic E-state index is -0.272. The molecule has 6 heterocycles. The van der Waals surface area contributed by atoms with Crippen LogP contribution < -0.4 is 36.4 Å². The van der Waals surface area contributed by atoms with Crippen molar-refractivity contribution >= 4 is 119 Å². The van der Waals surface area contributed by atoms with Gasteiger partial charge in [0.1, 0.15) is 0 Å². The standard InChI is InChI=1S/C108H69B2N5/c1-8-28-70(29-9-1)77-50-54-84(55-51-77)111(86-60-79(72-32-12-3-13-33-72)58-80(61-86)73-34-14-4-15-35-73)88-66-94-96-64-83(76-40-20-7-21-41-76)65-97-95-67-89(112(85-56-52-78(53-57-85)71-30-10-2-11-31-71)87-62-81(74-36-16-5-17-37-74)59-82(63-87)75-38-18-6-19-39-75)69-103-105(95)110(99-47-27-45-93-91-43-23-25-49-101(91)114(103)108(93)99)115(106(96)97)109-98-46-26-44-92-90-42-22-24-48-100(90)113(107(92)98)102(68-88)104(94)109/h1-69H.